The first-order valence-corrected chi connectivity index (χ1v) is 10.1. The van der Waals surface area contributed by atoms with Gasteiger partial charge in [-0.05, 0) is 41.3 Å². The highest BCUT2D eigenvalue weighted by Crippen LogP contribution is 2.23. The van der Waals surface area contributed by atoms with E-state index in [1.807, 2.05) is 18.2 Å². The molecule has 0 bridgehead atoms. The summed E-state index contributed by atoms with van der Waals surface area (Å²) in [5.74, 6) is 0.803. The highest BCUT2D eigenvalue weighted by Gasteiger charge is 2.23. The number of amides is 1. The molecule has 0 radical (unpaired) electrons. The van der Waals surface area contributed by atoms with Gasteiger partial charge in [-0.15, -0.1) is 0 Å². The van der Waals surface area contributed by atoms with Gasteiger partial charge in [0.1, 0.15) is 11.9 Å². The third-order valence-corrected chi connectivity index (χ3v) is 5.58. The molecule has 0 aliphatic carbocycles. The van der Waals surface area contributed by atoms with Crippen LogP contribution in [0.2, 0.25) is 0 Å². The Morgan fingerprint density at radius 2 is 1.90 bits per heavy atom. The molecule has 5 rings (SSSR count). The molecule has 1 fully saturated rings. The maximum Gasteiger partial charge on any atom is 0.249 e. The maximum atomic E-state index is 12.4. The van der Waals surface area contributed by atoms with E-state index in [1.54, 1.807) is 0 Å². The van der Waals surface area contributed by atoms with Crippen molar-refractivity contribution in [3.63, 3.8) is 0 Å². The fourth-order valence-electron chi connectivity index (χ4n) is 4.10. The monoisotopic (exact) mass is 385 g/mol. The molecule has 0 saturated carbocycles. The predicted octanol–water partition coefficient (Wildman–Crippen LogP) is 4.03. The van der Waals surface area contributed by atoms with E-state index in [-0.39, 0.29) is 12.0 Å². The van der Waals surface area contributed by atoms with Crippen LogP contribution < -0.4 is 5.32 Å². The van der Waals surface area contributed by atoms with Crippen LogP contribution in [0.5, 0.6) is 0 Å². The van der Waals surface area contributed by atoms with Crippen molar-refractivity contribution in [3.8, 4) is 0 Å². The molecule has 1 aliphatic rings. The molecule has 1 aliphatic heterocycles. The van der Waals surface area contributed by atoms with Crippen LogP contribution in [0.3, 0.4) is 0 Å². The average Bonchev–Trinajstić information content (AvgIpc) is 3.41. The molecule has 1 saturated heterocycles. The minimum Gasteiger partial charge on any atom is -0.368 e. The van der Waals surface area contributed by atoms with Crippen LogP contribution in [-0.2, 0) is 22.6 Å². The second-order valence-electron chi connectivity index (χ2n) is 7.46. The highest BCUT2D eigenvalue weighted by atomic mass is 16.5. The minimum atomic E-state index is -0.328. The number of para-hydroxylation sites is 2. The lowest BCUT2D eigenvalue weighted by molar-refractivity contribution is -0.130. The zero-order valence-corrected chi connectivity index (χ0v) is 16.2. The Morgan fingerprint density at radius 3 is 2.79 bits per heavy atom. The molecule has 2 heterocycles. The van der Waals surface area contributed by atoms with Gasteiger partial charge in [0.2, 0.25) is 5.91 Å². The molecule has 1 amide bonds. The van der Waals surface area contributed by atoms with Crippen molar-refractivity contribution in [3.05, 3.63) is 78.1 Å². The highest BCUT2D eigenvalue weighted by molar-refractivity contribution is 5.86. The quantitative estimate of drug-likeness (QED) is 0.564. The minimum absolute atomic E-state index is 0.0498. The summed E-state index contributed by atoms with van der Waals surface area (Å²) in [6.45, 7) is 1.75. The molecule has 146 valence electrons. The number of hydrogen-bond donors (Lipinski definition) is 1. The standard InChI is InChI=1S/C24H23N3O2/c28-24(22-13-6-14-29-22)25-15-23-26-20-11-3-4-12-21(20)27(23)16-18-9-5-8-17-7-1-2-10-19(17)18/h1-5,7-12,22H,6,13-16H2,(H,25,28). The Bertz CT molecular complexity index is 1170. The Morgan fingerprint density at radius 1 is 1.07 bits per heavy atom. The molecule has 1 aromatic heterocycles. The number of nitrogens with one attached hydrogen (secondary N) is 1. The smallest absolute Gasteiger partial charge is 0.249 e. The lowest BCUT2D eigenvalue weighted by atomic mass is 10.0. The summed E-state index contributed by atoms with van der Waals surface area (Å²) in [6.07, 6.45) is 1.40. The Balaban J connectivity index is 1.48. The van der Waals surface area contributed by atoms with Crippen LogP contribution in [0, 0.1) is 0 Å². The van der Waals surface area contributed by atoms with Crippen LogP contribution in [0.4, 0.5) is 0 Å². The predicted molar refractivity (Wildman–Crippen MR) is 114 cm³/mol. The van der Waals surface area contributed by atoms with Gasteiger partial charge in [-0.25, -0.2) is 4.98 Å². The summed E-state index contributed by atoms with van der Waals surface area (Å²) in [5.41, 5.74) is 3.24. The SMILES string of the molecule is O=C(NCc1nc2ccccc2n1Cc1cccc2ccccc12)C1CCCO1. The van der Waals surface area contributed by atoms with E-state index in [1.165, 1.54) is 16.3 Å². The Hall–Kier alpha value is -3.18. The van der Waals surface area contributed by atoms with E-state index in [9.17, 15) is 4.79 Å². The van der Waals surface area contributed by atoms with E-state index >= 15 is 0 Å². The molecule has 1 unspecified atom stereocenters. The molecule has 1 N–H and O–H groups in total. The van der Waals surface area contributed by atoms with Gasteiger partial charge in [-0.1, -0.05) is 54.6 Å². The number of ether oxygens (including phenoxy) is 1. The molecule has 5 nitrogen and oxygen atoms in total. The number of carbonyl (C=O) groups excluding carboxylic acids is 1. The number of fused-ring (bicyclic) bond motifs is 2. The molecule has 0 spiro atoms. The second kappa shape index (κ2) is 7.68. The third kappa shape index (κ3) is 3.49. The number of imidazole rings is 1. The number of rotatable bonds is 5. The first kappa shape index (κ1) is 17.9. The molecule has 1 atom stereocenters. The van der Waals surface area contributed by atoms with Crippen molar-refractivity contribution in [2.75, 3.05) is 6.61 Å². The van der Waals surface area contributed by atoms with E-state index in [4.69, 9.17) is 9.72 Å². The first-order valence-electron chi connectivity index (χ1n) is 10.1. The summed E-state index contributed by atoms with van der Waals surface area (Å²) >= 11 is 0. The van der Waals surface area contributed by atoms with Gasteiger partial charge >= 0.3 is 0 Å². The maximum absolute atomic E-state index is 12.4. The largest absolute Gasteiger partial charge is 0.368 e. The van der Waals surface area contributed by atoms with Crippen molar-refractivity contribution in [2.24, 2.45) is 0 Å². The van der Waals surface area contributed by atoms with Crippen LogP contribution in [0.15, 0.2) is 66.7 Å². The van der Waals surface area contributed by atoms with Crippen molar-refractivity contribution in [1.82, 2.24) is 14.9 Å². The number of aromatic nitrogens is 2. The normalized spacial score (nSPS) is 16.5. The average molecular weight is 385 g/mol. The fraction of sp³-hybridized carbons (Fsp3) is 0.250. The number of benzene rings is 3. The third-order valence-electron chi connectivity index (χ3n) is 5.58. The zero-order chi connectivity index (χ0) is 19.6. The van der Waals surface area contributed by atoms with Crippen molar-refractivity contribution >= 4 is 27.7 Å². The topological polar surface area (TPSA) is 56.2 Å². The molecular formula is C24H23N3O2. The summed E-state index contributed by atoms with van der Waals surface area (Å²) in [6, 6.07) is 22.9. The number of carbonyl (C=O) groups is 1. The Kier molecular flexibility index (Phi) is 4.74. The van der Waals surface area contributed by atoms with Crippen molar-refractivity contribution < 1.29 is 9.53 Å². The second-order valence-corrected chi connectivity index (χ2v) is 7.46. The fourth-order valence-corrected chi connectivity index (χ4v) is 4.10. The van der Waals surface area contributed by atoms with Gasteiger partial charge in [0.25, 0.3) is 0 Å². The summed E-state index contributed by atoms with van der Waals surface area (Å²) in [7, 11) is 0. The lowest BCUT2D eigenvalue weighted by Crippen LogP contribution is -2.34. The van der Waals surface area contributed by atoms with Crippen LogP contribution in [0.25, 0.3) is 21.8 Å². The van der Waals surface area contributed by atoms with Gasteiger partial charge in [-0.2, -0.15) is 0 Å². The first-order chi connectivity index (χ1) is 14.3. The summed E-state index contributed by atoms with van der Waals surface area (Å²) < 4.78 is 7.70. The van der Waals surface area contributed by atoms with Crippen molar-refractivity contribution in [1.29, 1.82) is 0 Å². The van der Waals surface area contributed by atoms with Crippen LogP contribution in [0.1, 0.15) is 24.2 Å². The molecule has 5 heteroatoms. The van der Waals surface area contributed by atoms with Gasteiger partial charge in [0.15, 0.2) is 0 Å². The van der Waals surface area contributed by atoms with E-state index in [0.717, 1.165) is 29.7 Å². The molecule has 4 aromatic rings. The van der Waals surface area contributed by atoms with E-state index in [0.29, 0.717) is 19.7 Å². The van der Waals surface area contributed by atoms with Gasteiger partial charge in [-0.3, -0.25) is 4.79 Å². The molecular weight excluding hydrogens is 362 g/mol. The van der Waals surface area contributed by atoms with Gasteiger partial charge in [0.05, 0.1) is 24.1 Å². The number of hydrogen-bond acceptors (Lipinski definition) is 3. The summed E-state index contributed by atoms with van der Waals surface area (Å²) in [5, 5.41) is 5.48. The van der Waals surface area contributed by atoms with E-state index in [2.05, 4.69) is 58.4 Å². The van der Waals surface area contributed by atoms with Gasteiger partial charge in [0, 0.05) is 6.61 Å². The van der Waals surface area contributed by atoms with Crippen molar-refractivity contribution in [2.45, 2.75) is 32.0 Å². The van der Waals surface area contributed by atoms with Crippen LogP contribution in [-0.4, -0.2) is 28.2 Å². The van der Waals surface area contributed by atoms with E-state index < -0.39 is 0 Å². The molecule has 29 heavy (non-hydrogen) atoms. The van der Waals surface area contributed by atoms with Gasteiger partial charge < -0.3 is 14.6 Å². The zero-order valence-electron chi connectivity index (χ0n) is 16.2. The Labute approximate surface area is 169 Å². The number of nitrogens with zero attached hydrogens (tertiary/aromatic N) is 2. The summed E-state index contributed by atoms with van der Waals surface area (Å²) in [4.78, 5) is 17.2. The molecule has 3 aromatic carbocycles. The van der Waals surface area contributed by atoms with Crippen LogP contribution >= 0.6 is 0 Å². The lowest BCUT2D eigenvalue weighted by Gasteiger charge is -2.14.